The molecule has 150 valence electrons. The van der Waals surface area contributed by atoms with Gasteiger partial charge in [0.1, 0.15) is 5.37 Å². The van der Waals surface area contributed by atoms with Gasteiger partial charge in [0.2, 0.25) is 5.91 Å². The van der Waals surface area contributed by atoms with Crippen molar-refractivity contribution in [2.45, 2.75) is 5.37 Å². The first-order valence-electron chi connectivity index (χ1n) is 8.81. The minimum Gasteiger partial charge on any atom is -0.428 e. The highest BCUT2D eigenvalue weighted by atomic mass is 35.5. The Morgan fingerprint density at radius 3 is 2.66 bits per heavy atom. The van der Waals surface area contributed by atoms with Crippen LogP contribution in [-0.4, -0.2) is 39.6 Å². The first-order chi connectivity index (χ1) is 14.0. The Labute approximate surface area is 186 Å². The molecule has 0 bridgehead atoms. The fraction of sp³-hybridized carbons (Fsp3) is 0.200. The lowest BCUT2D eigenvalue weighted by atomic mass is 10.2. The van der Waals surface area contributed by atoms with Crippen LogP contribution in [-0.2, 0) is 4.79 Å². The summed E-state index contributed by atoms with van der Waals surface area (Å²) < 4.78 is 1.01. The molecule has 1 atom stereocenters. The molecular weight excluding hydrogens is 453 g/mol. The van der Waals surface area contributed by atoms with E-state index in [1.54, 1.807) is 41.3 Å². The number of carbonyl (C=O) groups is 1. The van der Waals surface area contributed by atoms with Gasteiger partial charge in [-0.15, -0.1) is 11.8 Å². The Hall–Kier alpha value is -1.86. The summed E-state index contributed by atoms with van der Waals surface area (Å²) in [4.78, 5) is 18.8. The van der Waals surface area contributed by atoms with Crippen molar-refractivity contribution in [3.05, 3.63) is 74.6 Å². The third-order valence-corrected chi connectivity index (χ3v) is 6.81. The van der Waals surface area contributed by atoms with E-state index in [4.69, 9.17) is 34.8 Å². The summed E-state index contributed by atoms with van der Waals surface area (Å²) in [7, 11) is 0. The average Bonchev–Trinajstić information content (AvgIpc) is 3.04. The van der Waals surface area contributed by atoms with Gasteiger partial charge in [-0.25, -0.2) is 0 Å². The molecule has 1 amide bonds. The quantitative estimate of drug-likeness (QED) is 0.547. The number of aromatic nitrogens is 1. The summed E-state index contributed by atoms with van der Waals surface area (Å²) >= 11 is 20.2. The Balaban J connectivity index is 1.61. The Morgan fingerprint density at radius 1 is 1.14 bits per heavy atom. The van der Waals surface area contributed by atoms with Gasteiger partial charge in [-0.1, -0.05) is 40.9 Å². The molecule has 2 heterocycles. The van der Waals surface area contributed by atoms with Gasteiger partial charge in [-0.05, 0) is 36.4 Å². The van der Waals surface area contributed by atoms with Crippen LogP contribution in [0.15, 0.2) is 53.7 Å². The predicted molar refractivity (Wildman–Crippen MR) is 118 cm³/mol. The summed E-state index contributed by atoms with van der Waals surface area (Å²) in [5.41, 5.74) is 1.32. The maximum Gasteiger partial charge on any atom is 0.233 e. The molecular formula is C20H16Cl3N3O2S. The van der Waals surface area contributed by atoms with Crippen LogP contribution in [0.2, 0.25) is 15.1 Å². The van der Waals surface area contributed by atoms with E-state index in [1.807, 2.05) is 6.07 Å². The summed E-state index contributed by atoms with van der Waals surface area (Å²) in [6.07, 6.45) is 1.51. The van der Waals surface area contributed by atoms with Crippen molar-refractivity contribution in [2.75, 3.05) is 18.8 Å². The Bertz CT molecular complexity index is 1150. The number of nitrogens with zero attached hydrogens (tertiary/aromatic N) is 3. The second kappa shape index (κ2) is 8.48. The molecule has 9 heteroatoms. The molecule has 29 heavy (non-hydrogen) atoms. The van der Waals surface area contributed by atoms with E-state index >= 15 is 0 Å². The molecule has 1 aromatic heterocycles. The summed E-state index contributed by atoms with van der Waals surface area (Å²) in [6, 6.07) is 12.3. The molecule has 0 aliphatic carbocycles. The number of amides is 1. The molecule has 1 unspecified atom stereocenters. The number of hydrogen-bond acceptors (Lipinski definition) is 4. The molecule has 0 radical (unpaired) electrons. The smallest absolute Gasteiger partial charge is 0.233 e. The van der Waals surface area contributed by atoms with Gasteiger partial charge in [-0.2, -0.15) is 4.73 Å². The minimum atomic E-state index is -0.232. The van der Waals surface area contributed by atoms with E-state index in [9.17, 15) is 10.0 Å². The van der Waals surface area contributed by atoms with E-state index in [0.717, 1.165) is 15.7 Å². The molecule has 3 aromatic rings. The zero-order chi connectivity index (χ0) is 20.5. The highest BCUT2D eigenvalue weighted by molar-refractivity contribution is 8.00. The number of rotatable bonds is 4. The van der Waals surface area contributed by atoms with Crippen LogP contribution in [0, 0.1) is 0 Å². The molecule has 1 saturated heterocycles. The molecule has 1 N–H and O–H groups in total. The standard InChI is InChI=1S/C20H16Cl3N3O2S/c21-12-4-5-13-16(6-8-26(28)17(13)10-12)24-7-9-25-18(27)11-29-20(25)19-14(22)2-1-3-15(19)23/h1-6,8,10,20,28H,7,9,11H2. The van der Waals surface area contributed by atoms with Crippen LogP contribution < -0.4 is 5.36 Å². The fourth-order valence-electron chi connectivity index (χ4n) is 3.32. The van der Waals surface area contributed by atoms with Gasteiger partial charge in [0.05, 0.1) is 23.2 Å². The molecule has 4 rings (SSSR count). The largest absolute Gasteiger partial charge is 0.428 e. The van der Waals surface area contributed by atoms with Crippen LogP contribution >= 0.6 is 46.6 Å². The molecule has 5 nitrogen and oxygen atoms in total. The predicted octanol–water partition coefficient (Wildman–Crippen LogP) is 5.01. The number of fused-ring (bicyclic) bond motifs is 1. The topological polar surface area (TPSA) is 57.8 Å². The van der Waals surface area contributed by atoms with Gasteiger partial charge >= 0.3 is 0 Å². The van der Waals surface area contributed by atoms with E-state index in [1.165, 1.54) is 18.0 Å². The number of thioether (sulfide) groups is 1. The molecule has 1 aliphatic heterocycles. The van der Waals surface area contributed by atoms with E-state index in [-0.39, 0.29) is 11.3 Å². The summed E-state index contributed by atoms with van der Waals surface area (Å²) in [5, 5.41) is 12.9. The van der Waals surface area contributed by atoms with Gasteiger partial charge in [0.15, 0.2) is 0 Å². The third-order valence-electron chi connectivity index (χ3n) is 4.69. The molecule has 0 spiro atoms. The second-order valence-corrected chi connectivity index (χ2v) is 8.79. The van der Waals surface area contributed by atoms with Crippen molar-refractivity contribution in [1.29, 1.82) is 0 Å². The molecule has 1 fully saturated rings. The van der Waals surface area contributed by atoms with Gasteiger partial charge in [-0.3, -0.25) is 9.79 Å². The lowest BCUT2D eigenvalue weighted by Crippen LogP contribution is -2.31. The zero-order valence-corrected chi connectivity index (χ0v) is 18.1. The Kier molecular flexibility index (Phi) is 5.97. The highest BCUT2D eigenvalue weighted by Gasteiger charge is 2.34. The van der Waals surface area contributed by atoms with Crippen molar-refractivity contribution < 1.29 is 10.0 Å². The van der Waals surface area contributed by atoms with E-state index in [0.29, 0.717) is 44.8 Å². The minimum absolute atomic E-state index is 0.0316. The molecule has 1 aliphatic rings. The van der Waals surface area contributed by atoms with E-state index < -0.39 is 0 Å². The van der Waals surface area contributed by atoms with Crippen LogP contribution in [0.1, 0.15) is 10.9 Å². The lowest BCUT2D eigenvalue weighted by Gasteiger charge is -2.25. The van der Waals surface area contributed by atoms with Crippen LogP contribution in [0.25, 0.3) is 10.9 Å². The lowest BCUT2D eigenvalue weighted by molar-refractivity contribution is -0.127. The summed E-state index contributed by atoms with van der Waals surface area (Å²) in [5.74, 6) is 0.410. The maximum atomic E-state index is 12.4. The van der Waals surface area contributed by atoms with Gasteiger partial charge < -0.3 is 10.1 Å². The van der Waals surface area contributed by atoms with Crippen molar-refractivity contribution in [3.63, 3.8) is 0 Å². The van der Waals surface area contributed by atoms with Crippen molar-refractivity contribution in [3.8, 4) is 0 Å². The Morgan fingerprint density at radius 2 is 1.90 bits per heavy atom. The number of halogens is 3. The SMILES string of the molecule is O=C1CSC(c2c(Cl)cccc2Cl)N1CCN=c1ccn(O)c2cc(Cl)ccc12. The van der Waals surface area contributed by atoms with Crippen LogP contribution in [0.3, 0.4) is 0 Å². The first-order valence-corrected chi connectivity index (χ1v) is 11.0. The second-order valence-electron chi connectivity index (χ2n) is 6.47. The normalized spacial score (nSPS) is 17.5. The zero-order valence-electron chi connectivity index (χ0n) is 15.1. The first kappa shape index (κ1) is 20.4. The van der Waals surface area contributed by atoms with Crippen LogP contribution in [0.5, 0.6) is 0 Å². The number of hydrogen-bond donors (Lipinski definition) is 1. The maximum absolute atomic E-state index is 12.4. The third kappa shape index (κ3) is 4.08. The fourth-order valence-corrected chi connectivity index (χ4v) is 5.51. The summed E-state index contributed by atoms with van der Waals surface area (Å²) in [6.45, 7) is 0.833. The number of pyridine rings is 1. The van der Waals surface area contributed by atoms with Crippen molar-refractivity contribution in [2.24, 2.45) is 4.99 Å². The van der Waals surface area contributed by atoms with Crippen LogP contribution in [0.4, 0.5) is 0 Å². The molecule has 0 saturated carbocycles. The molecule has 2 aromatic carbocycles. The highest BCUT2D eigenvalue weighted by Crippen LogP contribution is 2.44. The average molecular weight is 469 g/mol. The van der Waals surface area contributed by atoms with Crippen molar-refractivity contribution >= 4 is 63.4 Å². The van der Waals surface area contributed by atoms with Gasteiger partial charge in [0, 0.05) is 38.8 Å². The number of benzene rings is 2. The monoisotopic (exact) mass is 467 g/mol. The number of carbonyl (C=O) groups excluding carboxylic acids is 1. The van der Waals surface area contributed by atoms with Crippen molar-refractivity contribution in [1.82, 2.24) is 9.63 Å². The van der Waals surface area contributed by atoms with E-state index in [2.05, 4.69) is 4.99 Å². The van der Waals surface area contributed by atoms with Gasteiger partial charge in [0.25, 0.3) is 0 Å².